The normalized spacial score (nSPS) is 15.0. The second kappa shape index (κ2) is 5.95. The highest BCUT2D eigenvalue weighted by molar-refractivity contribution is 5.63. The maximum Gasteiger partial charge on any atom is 0.152 e. The van der Waals surface area contributed by atoms with Crippen LogP contribution >= 0.6 is 0 Å². The number of aromatic hydroxyl groups is 1. The molecule has 5 heteroatoms. The number of aliphatic hydroxyl groups excluding tert-OH is 1. The molecule has 0 spiro atoms. The zero-order valence-electron chi connectivity index (χ0n) is 11.4. The van der Waals surface area contributed by atoms with Crippen LogP contribution in [0.25, 0.3) is 0 Å². The van der Waals surface area contributed by atoms with Gasteiger partial charge in [-0.1, -0.05) is 30.3 Å². The summed E-state index contributed by atoms with van der Waals surface area (Å²) < 4.78 is 4.98. The Hall–Kier alpha value is -2.37. The largest absolute Gasteiger partial charge is 0.507 e. The van der Waals surface area contributed by atoms with Gasteiger partial charge in [0, 0.05) is 11.6 Å². The van der Waals surface area contributed by atoms with E-state index in [0.717, 1.165) is 0 Å². The molecule has 0 heterocycles. The van der Waals surface area contributed by atoms with Crippen LogP contribution in [0.5, 0.6) is 11.5 Å². The van der Waals surface area contributed by atoms with Gasteiger partial charge in [0.25, 0.3) is 0 Å². The van der Waals surface area contributed by atoms with Crippen molar-refractivity contribution in [3.8, 4) is 11.5 Å². The Balaban J connectivity index is 2.64. The molecule has 0 bridgehead atoms. The molecule has 3 N–H and O–H groups in total. The Morgan fingerprint density at radius 1 is 1.19 bits per heavy atom. The first-order chi connectivity index (χ1) is 10.0. The van der Waals surface area contributed by atoms with Crippen LogP contribution in [0.4, 0.5) is 0 Å². The van der Waals surface area contributed by atoms with E-state index in [1.54, 1.807) is 30.3 Å². The third-order valence-corrected chi connectivity index (χ3v) is 3.39. The number of phenols is 1. The average Bonchev–Trinajstić information content (AvgIpc) is 2.54. The fraction of sp³-hybridized carbons (Fsp3) is 0.188. The molecule has 0 amide bonds. The number of methoxy groups -OCH3 is 1. The van der Waals surface area contributed by atoms with E-state index >= 15 is 0 Å². The van der Waals surface area contributed by atoms with E-state index in [0.29, 0.717) is 11.3 Å². The molecule has 0 aromatic heterocycles. The van der Waals surface area contributed by atoms with E-state index < -0.39 is 11.7 Å². The SMILES string of the molecule is COc1ccc(C(O)(c2ccccc2)C(O)C=O)c(O)c1. The van der Waals surface area contributed by atoms with Gasteiger partial charge in [0.2, 0.25) is 0 Å². The molecule has 2 aromatic carbocycles. The van der Waals surface area contributed by atoms with E-state index in [4.69, 9.17) is 4.74 Å². The minimum absolute atomic E-state index is 0.0223. The monoisotopic (exact) mass is 288 g/mol. The maximum absolute atomic E-state index is 11.0. The fourth-order valence-corrected chi connectivity index (χ4v) is 2.24. The summed E-state index contributed by atoms with van der Waals surface area (Å²) in [6, 6.07) is 12.4. The van der Waals surface area contributed by atoms with Crippen LogP contribution in [0.3, 0.4) is 0 Å². The van der Waals surface area contributed by atoms with Crippen molar-refractivity contribution in [1.29, 1.82) is 0 Å². The van der Waals surface area contributed by atoms with Crippen molar-refractivity contribution in [2.75, 3.05) is 7.11 Å². The smallest absolute Gasteiger partial charge is 0.152 e. The lowest BCUT2D eigenvalue weighted by Crippen LogP contribution is -2.41. The molecule has 110 valence electrons. The van der Waals surface area contributed by atoms with Gasteiger partial charge in [-0.15, -0.1) is 0 Å². The van der Waals surface area contributed by atoms with E-state index in [2.05, 4.69) is 0 Å². The van der Waals surface area contributed by atoms with Crippen molar-refractivity contribution in [2.24, 2.45) is 0 Å². The van der Waals surface area contributed by atoms with Crippen LogP contribution in [0, 0.1) is 0 Å². The molecule has 2 aromatic rings. The van der Waals surface area contributed by atoms with Crippen LogP contribution in [0.15, 0.2) is 48.5 Å². The van der Waals surface area contributed by atoms with E-state index in [1.807, 2.05) is 0 Å². The third-order valence-electron chi connectivity index (χ3n) is 3.39. The van der Waals surface area contributed by atoms with Crippen molar-refractivity contribution in [1.82, 2.24) is 0 Å². The highest BCUT2D eigenvalue weighted by Gasteiger charge is 2.41. The first-order valence-electron chi connectivity index (χ1n) is 6.32. The molecule has 2 unspecified atom stereocenters. The molecule has 5 nitrogen and oxygen atoms in total. The van der Waals surface area contributed by atoms with Crippen molar-refractivity contribution < 1.29 is 24.9 Å². The summed E-state index contributed by atoms with van der Waals surface area (Å²) in [6.45, 7) is 0. The number of carbonyl (C=O) groups excluding carboxylic acids is 1. The summed E-state index contributed by atoms with van der Waals surface area (Å²) in [5.74, 6) is 0.119. The summed E-state index contributed by atoms with van der Waals surface area (Å²) in [5.41, 5.74) is -1.72. The molecule has 0 radical (unpaired) electrons. The number of hydrogen-bond acceptors (Lipinski definition) is 5. The first-order valence-corrected chi connectivity index (χ1v) is 6.32. The number of phenolic OH excluding ortho intramolecular Hbond substituents is 1. The van der Waals surface area contributed by atoms with E-state index in [1.165, 1.54) is 25.3 Å². The predicted octanol–water partition coefficient (Wildman–Crippen LogP) is 1.20. The minimum atomic E-state index is -2.04. The number of carbonyl (C=O) groups is 1. The second-order valence-corrected chi connectivity index (χ2v) is 4.60. The molecule has 0 saturated heterocycles. The topological polar surface area (TPSA) is 87.0 Å². The van der Waals surface area contributed by atoms with Gasteiger partial charge in [-0.05, 0) is 17.7 Å². The number of ether oxygens (including phenoxy) is 1. The van der Waals surface area contributed by atoms with Gasteiger partial charge in [0.1, 0.15) is 17.6 Å². The zero-order valence-corrected chi connectivity index (χ0v) is 11.4. The average molecular weight is 288 g/mol. The molecule has 0 saturated carbocycles. The van der Waals surface area contributed by atoms with Crippen LogP contribution in [0.1, 0.15) is 11.1 Å². The second-order valence-electron chi connectivity index (χ2n) is 4.60. The van der Waals surface area contributed by atoms with Gasteiger partial charge < -0.3 is 24.9 Å². The Bertz CT molecular complexity index is 626. The molecule has 0 fully saturated rings. The Labute approximate surface area is 122 Å². The fourth-order valence-electron chi connectivity index (χ4n) is 2.24. The number of rotatable bonds is 5. The summed E-state index contributed by atoms with van der Waals surface area (Å²) in [6.07, 6.45) is -1.49. The lowest BCUT2D eigenvalue weighted by molar-refractivity contribution is -0.127. The first kappa shape index (κ1) is 15.0. The quantitative estimate of drug-likeness (QED) is 0.720. The van der Waals surface area contributed by atoms with Crippen LogP contribution in [0.2, 0.25) is 0 Å². The Morgan fingerprint density at radius 3 is 2.38 bits per heavy atom. The van der Waals surface area contributed by atoms with Crippen LogP contribution in [-0.2, 0) is 10.4 Å². The van der Waals surface area contributed by atoms with Crippen LogP contribution < -0.4 is 4.74 Å². The molecule has 21 heavy (non-hydrogen) atoms. The van der Waals surface area contributed by atoms with Crippen molar-refractivity contribution in [2.45, 2.75) is 11.7 Å². The van der Waals surface area contributed by atoms with E-state index in [9.17, 15) is 20.1 Å². The lowest BCUT2D eigenvalue weighted by atomic mass is 9.81. The predicted molar refractivity (Wildman–Crippen MR) is 76.2 cm³/mol. The maximum atomic E-state index is 11.0. The van der Waals surface area contributed by atoms with E-state index in [-0.39, 0.29) is 17.6 Å². The molecule has 0 aliphatic rings. The Kier molecular flexibility index (Phi) is 4.26. The molecule has 2 atom stereocenters. The van der Waals surface area contributed by atoms with Gasteiger partial charge in [0.15, 0.2) is 11.9 Å². The summed E-state index contributed by atoms with van der Waals surface area (Å²) in [5, 5.41) is 31.0. The Morgan fingerprint density at radius 2 is 1.86 bits per heavy atom. The summed E-state index contributed by atoms with van der Waals surface area (Å²) in [4.78, 5) is 11.0. The van der Waals surface area contributed by atoms with Gasteiger partial charge >= 0.3 is 0 Å². The highest BCUT2D eigenvalue weighted by Crippen LogP contribution is 2.39. The molecular formula is C16H16O5. The third kappa shape index (κ3) is 2.61. The molecule has 0 aliphatic carbocycles. The number of aliphatic hydroxyl groups is 2. The summed E-state index contributed by atoms with van der Waals surface area (Å²) in [7, 11) is 1.44. The van der Waals surface area contributed by atoms with Crippen molar-refractivity contribution >= 4 is 6.29 Å². The molecule has 2 rings (SSSR count). The number of aldehydes is 1. The van der Waals surface area contributed by atoms with Crippen molar-refractivity contribution in [3.63, 3.8) is 0 Å². The molecular weight excluding hydrogens is 272 g/mol. The van der Waals surface area contributed by atoms with Gasteiger partial charge in [0.05, 0.1) is 7.11 Å². The lowest BCUT2D eigenvalue weighted by Gasteiger charge is -2.31. The van der Waals surface area contributed by atoms with Gasteiger partial charge in [-0.3, -0.25) is 0 Å². The van der Waals surface area contributed by atoms with Crippen LogP contribution in [-0.4, -0.2) is 34.8 Å². The standard InChI is InChI=1S/C16H16O5/c1-21-12-7-8-13(14(18)9-12)16(20,15(19)10-17)11-5-3-2-4-6-11/h2-10,15,18-20H,1H3. The number of hydrogen-bond donors (Lipinski definition) is 3. The minimum Gasteiger partial charge on any atom is -0.507 e. The number of benzene rings is 2. The van der Waals surface area contributed by atoms with Crippen molar-refractivity contribution in [3.05, 3.63) is 59.7 Å². The highest BCUT2D eigenvalue weighted by atomic mass is 16.5. The van der Waals surface area contributed by atoms with Gasteiger partial charge in [-0.25, -0.2) is 0 Å². The zero-order chi connectivity index (χ0) is 15.5. The summed E-state index contributed by atoms with van der Waals surface area (Å²) >= 11 is 0. The van der Waals surface area contributed by atoms with Gasteiger partial charge in [-0.2, -0.15) is 0 Å². The molecule has 0 aliphatic heterocycles.